The van der Waals surface area contributed by atoms with Gasteiger partial charge in [0, 0.05) is 6.42 Å². The monoisotopic (exact) mass is 910 g/mol. The molecule has 0 aromatic rings. The number of allylic oxidation sites excluding steroid dienone is 10. The molecule has 6 heteroatoms. The van der Waals surface area contributed by atoms with Crippen molar-refractivity contribution in [3.05, 3.63) is 60.8 Å². The van der Waals surface area contributed by atoms with Gasteiger partial charge in [-0.1, -0.05) is 236 Å². The summed E-state index contributed by atoms with van der Waals surface area (Å²) in [6, 6.07) is -0.722. The third kappa shape index (κ3) is 47.8. The first-order valence-electron chi connectivity index (χ1n) is 28.0. The van der Waals surface area contributed by atoms with E-state index in [2.05, 4.69) is 86.8 Å². The van der Waals surface area contributed by atoms with Crippen molar-refractivity contribution < 1.29 is 24.5 Å². The minimum atomic E-state index is -0.805. The van der Waals surface area contributed by atoms with E-state index >= 15 is 0 Å². The quantitative estimate of drug-likeness (QED) is 0.0321. The number of ether oxygens (including phenoxy) is 1. The van der Waals surface area contributed by atoms with Crippen molar-refractivity contribution in [2.45, 2.75) is 296 Å². The molecule has 0 rings (SSSR count). The Balaban J connectivity index is 4.62. The number of rotatable bonds is 50. The fourth-order valence-electron chi connectivity index (χ4n) is 8.30. The van der Waals surface area contributed by atoms with Crippen molar-refractivity contribution in [3.8, 4) is 0 Å². The van der Waals surface area contributed by atoms with Gasteiger partial charge in [-0.05, 0) is 89.9 Å². The molecular weight excluding hydrogens is 803 g/mol. The molecule has 6 nitrogen and oxygen atoms in total. The Morgan fingerprint density at radius 1 is 0.446 bits per heavy atom. The zero-order valence-corrected chi connectivity index (χ0v) is 43.1. The zero-order valence-electron chi connectivity index (χ0n) is 43.1. The highest BCUT2D eigenvalue weighted by Gasteiger charge is 2.24. The van der Waals surface area contributed by atoms with Crippen molar-refractivity contribution in [1.82, 2.24) is 5.32 Å². The SMILES string of the molecule is CCCCC/C=C\C/C=C\C/C=C\C/C=C\CCCC(CC(=O)NC(CO)C(O)CCCCCCCCCCCCCCCCCCC)OC(=O)CCCCCCC/C=C\CCCCC. The summed E-state index contributed by atoms with van der Waals surface area (Å²) in [5, 5.41) is 23.8. The van der Waals surface area contributed by atoms with Crippen LogP contribution in [0.4, 0.5) is 0 Å². The topological polar surface area (TPSA) is 95.9 Å². The van der Waals surface area contributed by atoms with Crippen LogP contribution in [-0.4, -0.2) is 46.9 Å². The first-order valence-corrected chi connectivity index (χ1v) is 28.0. The number of hydrogen-bond acceptors (Lipinski definition) is 5. The van der Waals surface area contributed by atoms with Gasteiger partial charge in [-0.25, -0.2) is 0 Å². The molecule has 0 aliphatic carbocycles. The van der Waals surface area contributed by atoms with E-state index in [9.17, 15) is 19.8 Å². The van der Waals surface area contributed by atoms with Crippen LogP contribution in [0.15, 0.2) is 60.8 Å². The molecule has 0 aromatic heterocycles. The lowest BCUT2D eigenvalue weighted by Crippen LogP contribution is -2.46. The van der Waals surface area contributed by atoms with Crippen LogP contribution in [0, 0.1) is 0 Å². The Bertz CT molecular complexity index is 1160. The predicted octanol–water partition coefficient (Wildman–Crippen LogP) is 17.2. The molecule has 3 unspecified atom stereocenters. The van der Waals surface area contributed by atoms with Gasteiger partial charge in [0.1, 0.15) is 6.10 Å². The van der Waals surface area contributed by atoms with Gasteiger partial charge >= 0.3 is 5.97 Å². The average molecular weight is 911 g/mol. The van der Waals surface area contributed by atoms with Gasteiger partial charge < -0.3 is 20.3 Å². The second kappa shape index (κ2) is 52.5. The molecule has 378 valence electrons. The van der Waals surface area contributed by atoms with E-state index in [1.807, 2.05) is 0 Å². The first-order chi connectivity index (χ1) is 32.0. The van der Waals surface area contributed by atoms with Crippen LogP contribution in [0.2, 0.25) is 0 Å². The Kier molecular flexibility index (Phi) is 50.6. The lowest BCUT2D eigenvalue weighted by Gasteiger charge is -2.24. The first kappa shape index (κ1) is 62.6. The minimum absolute atomic E-state index is 0.0364. The molecule has 0 fully saturated rings. The largest absolute Gasteiger partial charge is 0.462 e. The number of carbonyl (C=O) groups is 2. The van der Waals surface area contributed by atoms with Gasteiger partial charge in [-0.2, -0.15) is 0 Å². The maximum atomic E-state index is 13.2. The summed E-state index contributed by atoms with van der Waals surface area (Å²) in [7, 11) is 0. The van der Waals surface area contributed by atoms with Crippen molar-refractivity contribution in [3.63, 3.8) is 0 Å². The third-order valence-electron chi connectivity index (χ3n) is 12.6. The van der Waals surface area contributed by atoms with E-state index in [-0.39, 0.29) is 24.9 Å². The zero-order chi connectivity index (χ0) is 47.4. The van der Waals surface area contributed by atoms with Crippen molar-refractivity contribution >= 4 is 11.9 Å². The van der Waals surface area contributed by atoms with Crippen LogP contribution in [0.5, 0.6) is 0 Å². The molecule has 0 aliphatic heterocycles. The molecule has 0 radical (unpaired) electrons. The van der Waals surface area contributed by atoms with E-state index in [1.54, 1.807) is 0 Å². The molecule has 1 amide bonds. The number of aliphatic hydroxyl groups is 2. The van der Waals surface area contributed by atoms with E-state index in [0.717, 1.165) is 77.0 Å². The van der Waals surface area contributed by atoms with Crippen LogP contribution in [0.25, 0.3) is 0 Å². The van der Waals surface area contributed by atoms with Gasteiger partial charge in [0.2, 0.25) is 5.91 Å². The van der Waals surface area contributed by atoms with Crippen molar-refractivity contribution in [1.29, 1.82) is 0 Å². The van der Waals surface area contributed by atoms with E-state index in [0.29, 0.717) is 19.3 Å². The average Bonchev–Trinajstić information content (AvgIpc) is 3.30. The highest BCUT2D eigenvalue weighted by molar-refractivity contribution is 5.77. The number of aliphatic hydroxyl groups excluding tert-OH is 2. The standard InChI is InChI=1S/C59H107NO5/c1-4-7-10-13-16-19-22-25-27-29-31-33-35-38-41-44-47-50-55(65-59(64)52-49-46-43-40-37-24-21-18-15-12-9-6-3)53-58(63)60-56(54-61)57(62)51-48-45-42-39-36-34-32-30-28-26-23-20-17-14-11-8-5-2/h16,18-19,21,25,27,31,33,38,41,55-57,61-62H,4-15,17,20,22-24,26,28-30,32,34-37,39-40,42-54H2,1-3H3,(H,60,63)/b19-16-,21-18-,27-25-,33-31-,41-38-. The third-order valence-corrected chi connectivity index (χ3v) is 12.6. The highest BCUT2D eigenvalue weighted by Crippen LogP contribution is 2.17. The summed E-state index contributed by atoms with van der Waals surface area (Å²) in [6.07, 6.45) is 65.7. The number of esters is 1. The Morgan fingerprint density at radius 2 is 0.800 bits per heavy atom. The molecule has 0 saturated heterocycles. The molecular formula is C59H107NO5. The van der Waals surface area contributed by atoms with Gasteiger partial charge in [0.25, 0.3) is 0 Å². The number of nitrogens with one attached hydrogen (secondary N) is 1. The van der Waals surface area contributed by atoms with Crippen LogP contribution >= 0.6 is 0 Å². The number of unbranched alkanes of at least 4 members (excludes halogenated alkanes) is 28. The molecule has 3 atom stereocenters. The fraction of sp³-hybridized carbons (Fsp3) is 0.797. The molecule has 65 heavy (non-hydrogen) atoms. The van der Waals surface area contributed by atoms with E-state index in [4.69, 9.17) is 4.74 Å². The van der Waals surface area contributed by atoms with Crippen LogP contribution < -0.4 is 5.32 Å². The Hall–Kier alpha value is -2.44. The molecule has 0 spiro atoms. The summed E-state index contributed by atoms with van der Waals surface area (Å²) < 4.78 is 5.91. The predicted molar refractivity (Wildman–Crippen MR) is 282 cm³/mol. The van der Waals surface area contributed by atoms with Crippen molar-refractivity contribution in [2.24, 2.45) is 0 Å². The molecule has 0 bridgehead atoms. The lowest BCUT2D eigenvalue weighted by molar-refractivity contribution is -0.151. The second-order valence-electron chi connectivity index (χ2n) is 19.0. The summed E-state index contributed by atoms with van der Waals surface area (Å²) in [6.45, 7) is 6.43. The van der Waals surface area contributed by atoms with Crippen LogP contribution in [-0.2, 0) is 14.3 Å². The van der Waals surface area contributed by atoms with Crippen LogP contribution in [0.3, 0.4) is 0 Å². The molecule has 0 aliphatic rings. The molecule has 3 N–H and O–H groups in total. The van der Waals surface area contributed by atoms with Gasteiger partial charge in [0.15, 0.2) is 0 Å². The number of carbonyl (C=O) groups excluding carboxylic acids is 2. The Morgan fingerprint density at radius 3 is 1.26 bits per heavy atom. The summed E-state index contributed by atoms with van der Waals surface area (Å²) >= 11 is 0. The summed E-state index contributed by atoms with van der Waals surface area (Å²) in [4.78, 5) is 26.2. The van der Waals surface area contributed by atoms with E-state index in [1.165, 1.54) is 154 Å². The normalized spacial score (nSPS) is 13.6. The highest BCUT2D eigenvalue weighted by atomic mass is 16.5. The number of hydrogen-bond donors (Lipinski definition) is 3. The molecule has 0 aromatic carbocycles. The van der Waals surface area contributed by atoms with Gasteiger partial charge in [-0.3, -0.25) is 9.59 Å². The smallest absolute Gasteiger partial charge is 0.306 e. The van der Waals surface area contributed by atoms with E-state index < -0.39 is 18.2 Å². The fourth-order valence-corrected chi connectivity index (χ4v) is 8.30. The maximum Gasteiger partial charge on any atom is 0.306 e. The lowest BCUT2D eigenvalue weighted by atomic mass is 10.0. The van der Waals surface area contributed by atoms with Crippen molar-refractivity contribution in [2.75, 3.05) is 6.61 Å². The molecule has 0 saturated carbocycles. The summed E-state index contributed by atoms with van der Waals surface area (Å²) in [5.41, 5.74) is 0. The van der Waals surface area contributed by atoms with Gasteiger partial charge in [0.05, 0.1) is 25.2 Å². The Labute approximate surface area is 403 Å². The van der Waals surface area contributed by atoms with Gasteiger partial charge in [-0.15, -0.1) is 0 Å². The number of amides is 1. The molecule has 0 heterocycles. The minimum Gasteiger partial charge on any atom is -0.462 e. The second-order valence-corrected chi connectivity index (χ2v) is 19.0. The maximum absolute atomic E-state index is 13.2. The summed E-state index contributed by atoms with van der Waals surface area (Å²) in [5.74, 6) is -0.534. The van der Waals surface area contributed by atoms with Crippen LogP contribution in [0.1, 0.15) is 278 Å².